The first kappa shape index (κ1) is 15.5. The molecular weight excluding hydrogens is 248 g/mol. The molecule has 3 heteroatoms. The van der Waals surface area contributed by atoms with Gasteiger partial charge in [-0.05, 0) is 18.4 Å². The first-order chi connectivity index (χ1) is 9.61. The fourth-order valence-corrected chi connectivity index (χ4v) is 3.01. The Morgan fingerprint density at radius 3 is 2.55 bits per heavy atom. The number of ether oxygens (including phenoxy) is 1. The molecule has 3 unspecified atom stereocenters. The predicted molar refractivity (Wildman–Crippen MR) is 83.9 cm³/mol. The van der Waals surface area contributed by atoms with Gasteiger partial charge in [0.2, 0.25) is 0 Å². The molecule has 0 saturated carbocycles. The van der Waals surface area contributed by atoms with Gasteiger partial charge in [0.1, 0.15) is 0 Å². The summed E-state index contributed by atoms with van der Waals surface area (Å²) in [6.45, 7) is 9.87. The van der Waals surface area contributed by atoms with Crippen molar-refractivity contribution < 1.29 is 4.74 Å². The summed E-state index contributed by atoms with van der Waals surface area (Å²) in [4.78, 5) is 2.59. The van der Waals surface area contributed by atoms with Crippen LogP contribution in [0, 0.1) is 5.92 Å². The average molecular weight is 276 g/mol. The summed E-state index contributed by atoms with van der Waals surface area (Å²) < 4.78 is 5.46. The minimum Gasteiger partial charge on any atom is -0.380 e. The van der Waals surface area contributed by atoms with Crippen LogP contribution in [0.25, 0.3) is 0 Å². The maximum atomic E-state index is 5.46. The molecule has 3 nitrogen and oxygen atoms in total. The number of nitrogens with zero attached hydrogens (tertiary/aromatic N) is 1. The van der Waals surface area contributed by atoms with Crippen molar-refractivity contribution in [2.24, 2.45) is 5.92 Å². The Hall–Kier alpha value is -0.900. The smallest absolute Gasteiger partial charge is 0.0670 e. The van der Waals surface area contributed by atoms with E-state index in [1.807, 2.05) is 0 Å². The Kier molecular flexibility index (Phi) is 5.58. The molecule has 0 amide bonds. The van der Waals surface area contributed by atoms with Gasteiger partial charge >= 0.3 is 0 Å². The lowest BCUT2D eigenvalue weighted by molar-refractivity contribution is 0.0280. The highest BCUT2D eigenvalue weighted by Crippen LogP contribution is 2.23. The van der Waals surface area contributed by atoms with Gasteiger partial charge in [-0.15, -0.1) is 0 Å². The zero-order chi connectivity index (χ0) is 14.5. The molecule has 1 aromatic rings. The second kappa shape index (κ2) is 7.21. The first-order valence-corrected chi connectivity index (χ1v) is 7.67. The lowest BCUT2D eigenvalue weighted by atomic mass is 9.95. The first-order valence-electron chi connectivity index (χ1n) is 7.67. The highest BCUT2D eigenvalue weighted by molar-refractivity contribution is 5.20. The minimum absolute atomic E-state index is 0.283. The van der Waals surface area contributed by atoms with Crippen LogP contribution in [-0.4, -0.2) is 43.8 Å². The zero-order valence-electron chi connectivity index (χ0n) is 13.2. The second-order valence-corrected chi connectivity index (χ2v) is 6.18. The van der Waals surface area contributed by atoms with E-state index in [2.05, 4.69) is 61.3 Å². The molecule has 3 atom stereocenters. The lowest BCUT2D eigenvalue weighted by Crippen LogP contribution is -2.56. The molecule has 0 bridgehead atoms. The fourth-order valence-electron chi connectivity index (χ4n) is 3.01. The summed E-state index contributed by atoms with van der Waals surface area (Å²) in [5.74, 6) is 0.656. The van der Waals surface area contributed by atoms with E-state index >= 15 is 0 Å². The van der Waals surface area contributed by atoms with E-state index in [1.54, 1.807) is 7.11 Å². The number of hydrogen-bond donors (Lipinski definition) is 1. The van der Waals surface area contributed by atoms with E-state index in [0.29, 0.717) is 18.0 Å². The van der Waals surface area contributed by atoms with Gasteiger partial charge in [0.05, 0.1) is 6.10 Å². The third kappa shape index (κ3) is 3.81. The topological polar surface area (TPSA) is 24.5 Å². The molecule has 0 spiro atoms. The number of nitrogens with one attached hydrogen (secondary N) is 1. The largest absolute Gasteiger partial charge is 0.380 e. The molecule has 1 saturated heterocycles. The Labute approximate surface area is 123 Å². The van der Waals surface area contributed by atoms with Gasteiger partial charge in [0, 0.05) is 38.8 Å². The summed E-state index contributed by atoms with van der Waals surface area (Å²) in [6, 6.07) is 11.8. The lowest BCUT2D eigenvalue weighted by Gasteiger charge is -2.43. The monoisotopic (exact) mass is 276 g/mol. The standard InChI is InChI=1S/C17H28N2O/c1-13(2)17-10-18-16(15-8-6-5-7-9-15)12-19(17)11-14(3)20-4/h5-9,13-14,16-18H,10-12H2,1-4H3. The van der Waals surface area contributed by atoms with Gasteiger partial charge < -0.3 is 10.1 Å². The van der Waals surface area contributed by atoms with Crippen molar-refractivity contribution in [3.8, 4) is 0 Å². The van der Waals surface area contributed by atoms with Crippen molar-refractivity contribution in [3.63, 3.8) is 0 Å². The Morgan fingerprint density at radius 1 is 1.25 bits per heavy atom. The van der Waals surface area contributed by atoms with Crippen molar-refractivity contribution in [1.82, 2.24) is 10.2 Å². The van der Waals surface area contributed by atoms with Gasteiger partial charge in [-0.3, -0.25) is 4.90 Å². The summed E-state index contributed by atoms with van der Waals surface area (Å²) in [7, 11) is 1.80. The summed E-state index contributed by atoms with van der Waals surface area (Å²) in [5, 5.41) is 3.71. The number of rotatable bonds is 5. The van der Waals surface area contributed by atoms with E-state index in [1.165, 1.54) is 5.56 Å². The molecular formula is C17H28N2O. The molecule has 1 N–H and O–H groups in total. The van der Waals surface area contributed by atoms with Crippen LogP contribution < -0.4 is 5.32 Å². The van der Waals surface area contributed by atoms with Crippen molar-refractivity contribution in [3.05, 3.63) is 35.9 Å². The fraction of sp³-hybridized carbons (Fsp3) is 0.647. The molecule has 0 aromatic heterocycles. The van der Waals surface area contributed by atoms with Crippen LogP contribution in [0.15, 0.2) is 30.3 Å². The zero-order valence-corrected chi connectivity index (χ0v) is 13.2. The molecule has 1 aliphatic rings. The Bertz CT molecular complexity index is 393. The summed E-state index contributed by atoms with van der Waals surface area (Å²) in [6.07, 6.45) is 0.283. The van der Waals surface area contributed by atoms with Crippen LogP contribution >= 0.6 is 0 Å². The maximum absolute atomic E-state index is 5.46. The SMILES string of the molecule is COC(C)CN1CC(c2ccccc2)NCC1C(C)C. The summed E-state index contributed by atoms with van der Waals surface area (Å²) >= 11 is 0. The van der Waals surface area contributed by atoms with Crippen molar-refractivity contribution in [2.45, 2.75) is 39.0 Å². The summed E-state index contributed by atoms with van der Waals surface area (Å²) in [5.41, 5.74) is 1.38. The van der Waals surface area contributed by atoms with Crippen LogP contribution in [0.5, 0.6) is 0 Å². The predicted octanol–water partition coefficient (Wildman–Crippen LogP) is 2.69. The van der Waals surface area contributed by atoms with Gasteiger partial charge in [-0.1, -0.05) is 44.2 Å². The van der Waals surface area contributed by atoms with Crippen molar-refractivity contribution >= 4 is 0 Å². The van der Waals surface area contributed by atoms with Crippen LogP contribution in [0.4, 0.5) is 0 Å². The van der Waals surface area contributed by atoms with Crippen molar-refractivity contribution in [1.29, 1.82) is 0 Å². The highest BCUT2D eigenvalue weighted by Gasteiger charge is 2.31. The van der Waals surface area contributed by atoms with E-state index in [-0.39, 0.29) is 6.10 Å². The number of methoxy groups -OCH3 is 1. The average Bonchev–Trinajstić information content (AvgIpc) is 2.47. The molecule has 1 aromatic carbocycles. The van der Waals surface area contributed by atoms with Gasteiger partial charge in [0.25, 0.3) is 0 Å². The highest BCUT2D eigenvalue weighted by atomic mass is 16.5. The Balaban J connectivity index is 2.07. The molecule has 20 heavy (non-hydrogen) atoms. The third-order valence-electron chi connectivity index (χ3n) is 4.32. The normalized spacial score (nSPS) is 25.9. The quantitative estimate of drug-likeness (QED) is 0.895. The van der Waals surface area contributed by atoms with E-state index in [4.69, 9.17) is 4.74 Å². The van der Waals surface area contributed by atoms with E-state index in [0.717, 1.165) is 19.6 Å². The minimum atomic E-state index is 0.283. The molecule has 1 aliphatic heterocycles. The maximum Gasteiger partial charge on any atom is 0.0670 e. The molecule has 1 fully saturated rings. The van der Waals surface area contributed by atoms with Crippen molar-refractivity contribution in [2.75, 3.05) is 26.7 Å². The third-order valence-corrected chi connectivity index (χ3v) is 4.32. The number of benzene rings is 1. The van der Waals surface area contributed by atoms with Gasteiger partial charge in [-0.2, -0.15) is 0 Å². The van der Waals surface area contributed by atoms with E-state index in [9.17, 15) is 0 Å². The second-order valence-electron chi connectivity index (χ2n) is 6.18. The molecule has 0 radical (unpaired) electrons. The van der Waals surface area contributed by atoms with Gasteiger partial charge in [-0.25, -0.2) is 0 Å². The van der Waals surface area contributed by atoms with Crippen LogP contribution in [0.3, 0.4) is 0 Å². The molecule has 2 rings (SSSR count). The molecule has 1 heterocycles. The molecule has 0 aliphatic carbocycles. The van der Waals surface area contributed by atoms with Crippen LogP contribution in [0.2, 0.25) is 0 Å². The van der Waals surface area contributed by atoms with Crippen LogP contribution in [0.1, 0.15) is 32.4 Å². The van der Waals surface area contributed by atoms with E-state index < -0.39 is 0 Å². The van der Waals surface area contributed by atoms with Gasteiger partial charge in [0.15, 0.2) is 0 Å². The number of piperazine rings is 1. The van der Waals surface area contributed by atoms with Crippen LogP contribution in [-0.2, 0) is 4.74 Å². The Morgan fingerprint density at radius 2 is 1.95 bits per heavy atom. The molecule has 112 valence electrons. The number of hydrogen-bond acceptors (Lipinski definition) is 3.